The molecule has 0 fully saturated rings. The number of nitrogens with zero attached hydrogens (tertiary/aromatic N) is 1. The van der Waals surface area contributed by atoms with E-state index in [0.29, 0.717) is 12.3 Å². The predicted octanol–water partition coefficient (Wildman–Crippen LogP) is 3.33. The van der Waals surface area contributed by atoms with Gasteiger partial charge in [-0.1, -0.05) is 0 Å². The third-order valence-corrected chi connectivity index (χ3v) is 2.76. The van der Waals surface area contributed by atoms with Gasteiger partial charge in [0, 0.05) is 25.0 Å². The number of nitrogens with one attached hydrogen (secondary N) is 2. The van der Waals surface area contributed by atoms with E-state index < -0.39 is 11.8 Å². The highest BCUT2D eigenvalue weighted by Crippen LogP contribution is 2.21. The third kappa shape index (κ3) is 4.73. The Morgan fingerprint density at radius 1 is 1.27 bits per heavy atom. The number of carbonyl (C=O) groups is 1. The van der Waals surface area contributed by atoms with Crippen molar-refractivity contribution in [2.75, 3.05) is 5.32 Å². The van der Waals surface area contributed by atoms with Crippen molar-refractivity contribution >= 4 is 11.7 Å². The van der Waals surface area contributed by atoms with Gasteiger partial charge in [-0.2, -0.15) is 0 Å². The number of hydrogen-bond acceptors (Lipinski definition) is 3. The van der Waals surface area contributed by atoms with Crippen molar-refractivity contribution in [1.82, 2.24) is 10.3 Å². The lowest BCUT2D eigenvalue weighted by Gasteiger charge is -2.12. The molecule has 6 heteroatoms. The van der Waals surface area contributed by atoms with Gasteiger partial charge in [0.2, 0.25) is 0 Å². The van der Waals surface area contributed by atoms with Crippen LogP contribution in [-0.2, 0) is 6.54 Å². The molecule has 2 aromatic rings. The SMILES string of the molecule is CC(C)Oc1ccc(NC(=O)NCc2ccncc2)c(F)c1. The van der Waals surface area contributed by atoms with Crippen LogP contribution in [0.25, 0.3) is 0 Å². The Hall–Kier alpha value is -2.63. The second-order valence-electron chi connectivity index (χ2n) is 4.97. The number of pyridine rings is 1. The fourth-order valence-electron chi connectivity index (χ4n) is 1.79. The number of rotatable bonds is 5. The van der Waals surface area contributed by atoms with Gasteiger partial charge >= 0.3 is 6.03 Å². The molecule has 2 rings (SSSR count). The molecule has 1 aromatic heterocycles. The normalized spacial score (nSPS) is 10.4. The number of aromatic nitrogens is 1. The number of urea groups is 1. The van der Waals surface area contributed by atoms with Crippen molar-refractivity contribution < 1.29 is 13.9 Å². The van der Waals surface area contributed by atoms with Crippen LogP contribution in [0.4, 0.5) is 14.9 Å². The first-order chi connectivity index (χ1) is 10.5. The first-order valence-electron chi connectivity index (χ1n) is 6.94. The van der Waals surface area contributed by atoms with E-state index in [-0.39, 0.29) is 11.8 Å². The number of carbonyl (C=O) groups excluding carboxylic acids is 1. The highest BCUT2D eigenvalue weighted by atomic mass is 19.1. The zero-order valence-electron chi connectivity index (χ0n) is 12.5. The van der Waals surface area contributed by atoms with Gasteiger partial charge in [0.05, 0.1) is 11.8 Å². The molecule has 22 heavy (non-hydrogen) atoms. The lowest BCUT2D eigenvalue weighted by molar-refractivity contribution is 0.241. The van der Waals surface area contributed by atoms with Gasteiger partial charge in [-0.05, 0) is 43.7 Å². The van der Waals surface area contributed by atoms with Crippen molar-refractivity contribution in [3.05, 3.63) is 54.1 Å². The highest BCUT2D eigenvalue weighted by Gasteiger charge is 2.08. The summed E-state index contributed by atoms with van der Waals surface area (Å²) in [4.78, 5) is 15.7. The Bertz CT molecular complexity index is 633. The van der Waals surface area contributed by atoms with Crippen LogP contribution in [0.1, 0.15) is 19.4 Å². The van der Waals surface area contributed by atoms with Crippen LogP contribution in [-0.4, -0.2) is 17.1 Å². The standard InChI is InChI=1S/C16H18FN3O2/c1-11(2)22-13-3-4-15(14(17)9-13)20-16(21)19-10-12-5-7-18-8-6-12/h3-9,11H,10H2,1-2H3,(H2,19,20,21). The Labute approximate surface area is 128 Å². The van der Waals surface area contributed by atoms with E-state index >= 15 is 0 Å². The average Bonchev–Trinajstić information content (AvgIpc) is 2.48. The van der Waals surface area contributed by atoms with Crippen molar-refractivity contribution in [3.8, 4) is 5.75 Å². The number of amides is 2. The molecule has 0 spiro atoms. The van der Waals surface area contributed by atoms with Gasteiger partial charge in [0.15, 0.2) is 0 Å². The first kappa shape index (κ1) is 15.8. The molecular formula is C16H18FN3O2. The van der Waals surface area contributed by atoms with Gasteiger partial charge in [0.1, 0.15) is 11.6 Å². The Morgan fingerprint density at radius 2 is 2.00 bits per heavy atom. The Balaban J connectivity index is 1.91. The minimum atomic E-state index is -0.544. The summed E-state index contributed by atoms with van der Waals surface area (Å²) >= 11 is 0. The maximum absolute atomic E-state index is 13.9. The zero-order chi connectivity index (χ0) is 15.9. The Kier molecular flexibility index (Phi) is 5.30. The molecule has 1 aromatic carbocycles. The molecule has 0 bridgehead atoms. The molecule has 5 nitrogen and oxygen atoms in total. The van der Waals surface area contributed by atoms with E-state index in [2.05, 4.69) is 15.6 Å². The number of anilines is 1. The van der Waals surface area contributed by atoms with E-state index in [1.54, 1.807) is 30.6 Å². The monoisotopic (exact) mass is 303 g/mol. The molecule has 2 amide bonds. The van der Waals surface area contributed by atoms with Gasteiger partial charge in [0.25, 0.3) is 0 Å². The minimum Gasteiger partial charge on any atom is -0.491 e. The van der Waals surface area contributed by atoms with Crippen LogP contribution in [0.15, 0.2) is 42.7 Å². The van der Waals surface area contributed by atoms with Crippen molar-refractivity contribution in [1.29, 1.82) is 0 Å². The van der Waals surface area contributed by atoms with E-state index in [4.69, 9.17) is 4.74 Å². The topological polar surface area (TPSA) is 63.2 Å². The highest BCUT2D eigenvalue weighted by molar-refractivity contribution is 5.89. The zero-order valence-corrected chi connectivity index (χ0v) is 12.5. The number of hydrogen-bond donors (Lipinski definition) is 2. The fourth-order valence-corrected chi connectivity index (χ4v) is 1.79. The van der Waals surface area contributed by atoms with Crippen LogP contribution in [0.2, 0.25) is 0 Å². The van der Waals surface area contributed by atoms with Gasteiger partial charge in [-0.25, -0.2) is 9.18 Å². The smallest absolute Gasteiger partial charge is 0.319 e. The van der Waals surface area contributed by atoms with E-state index in [1.807, 2.05) is 13.8 Å². The maximum Gasteiger partial charge on any atom is 0.319 e. The molecule has 2 N–H and O–H groups in total. The number of benzene rings is 1. The molecule has 0 unspecified atom stereocenters. The van der Waals surface area contributed by atoms with Crippen LogP contribution < -0.4 is 15.4 Å². The van der Waals surface area contributed by atoms with Crippen LogP contribution in [0, 0.1) is 5.82 Å². The van der Waals surface area contributed by atoms with Gasteiger partial charge < -0.3 is 15.4 Å². The average molecular weight is 303 g/mol. The summed E-state index contributed by atoms with van der Waals surface area (Å²) in [5, 5.41) is 5.11. The van der Waals surface area contributed by atoms with Crippen molar-refractivity contribution in [2.24, 2.45) is 0 Å². The van der Waals surface area contributed by atoms with E-state index in [1.165, 1.54) is 12.1 Å². The summed E-state index contributed by atoms with van der Waals surface area (Å²) < 4.78 is 19.3. The number of halogens is 1. The molecule has 0 aliphatic heterocycles. The molecule has 0 aliphatic rings. The molecule has 0 atom stereocenters. The van der Waals surface area contributed by atoms with Crippen LogP contribution in [0.3, 0.4) is 0 Å². The summed E-state index contributed by atoms with van der Waals surface area (Å²) in [6, 6.07) is 7.44. The molecule has 0 saturated carbocycles. The predicted molar refractivity (Wildman–Crippen MR) is 82.3 cm³/mol. The van der Waals surface area contributed by atoms with Crippen molar-refractivity contribution in [3.63, 3.8) is 0 Å². The van der Waals surface area contributed by atoms with Crippen molar-refractivity contribution in [2.45, 2.75) is 26.5 Å². The lowest BCUT2D eigenvalue weighted by atomic mass is 10.2. The second-order valence-corrected chi connectivity index (χ2v) is 4.97. The summed E-state index contributed by atoms with van der Waals surface area (Å²) in [6.07, 6.45) is 3.24. The summed E-state index contributed by atoms with van der Waals surface area (Å²) in [5.41, 5.74) is 1.01. The van der Waals surface area contributed by atoms with Crippen LogP contribution >= 0.6 is 0 Å². The summed E-state index contributed by atoms with van der Waals surface area (Å²) in [6.45, 7) is 4.05. The molecular weight excluding hydrogens is 285 g/mol. The second kappa shape index (κ2) is 7.40. The first-order valence-corrected chi connectivity index (χ1v) is 6.94. The third-order valence-electron chi connectivity index (χ3n) is 2.76. The van der Waals surface area contributed by atoms with Gasteiger partial charge in [-0.3, -0.25) is 4.98 Å². The summed E-state index contributed by atoms with van der Waals surface area (Å²) in [7, 11) is 0. The molecule has 0 saturated heterocycles. The minimum absolute atomic E-state index is 0.0399. The molecule has 0 radical (unpaired) electrons. The van der Waals surface area contributed by atoms with E-state index in [0.717, 1.165) is 5.56 Å². The van der Waals surface area contributed by atoms with Gasteiger partial charge in [-0.15, -0.1) is 0 Å². The quantitative estimate of drug-likeness (QED) is 0.890. The number of ether oxygens (including phenoxy) is 1. The molecule has 116 valence electrons. The van der Waals surface area contributed by atoms with E-state index in [9.17, 15) is 9.18 Å². The molecule has 0 aliphatic carbocycles. The Morgan fingerprint density at radius 3 is 2.64 bits per heavy atom. The lowest BCUT2D eigenvalue weighted by Crippen LogP contribution is -2.28. The van der Waals surface area contributed by atoms with Crippen LogP contribution in [0.5, 0.6) is 5.75 Å². The molecule has 1 heterocycles. The maximum atomic E-state index is 13.9. The fraction of sp³-hybridized carbons (Fsp3) is 0.250. The largest absolute Gasteiger partial charge is 0.491 e. The summed E-state index contributed by atoms with van der Waals surface area (Å²) in [5.74, 6) is -0.118.